The lowest BCUT2D eigenvalue weighted by Crippen LogP contribution is -2.14. The van der Waals surface area contributed by atoms with E-state index < -0.39 is 5.91 Å². The molecular formula is C18H17NO4. The van der Waals surface area contributed by atoms with Crippen LogP contribution in [0, 0.1) is 0 Å². The highest BCUT2D eigenvalue weighted by atomic mass is 16.5. The Hall–Kier alpha value is -3.05. The summed E-state index contributed by atoms with van der Waals surface area (Å²) in [5, 5.41) is 8.45. The van der Waals surface area contributed by atoms with Crippen molar-refractivity contribution in [1.82, 2.24) is 5.48 Å². The maximum absolute atomic E-state index is 11.0. The molecule has 0 fully saturated rings. The van der Waals surface area contributed by atoms with Gasteiger partial charge < -0.3 is 9.47 Å². The van der Waals surface area contributed by atoms with Gasteiger partial charge in [0.1, 0.15) is 0 Å². The van der Waals surface area contributed by atoms with Gasteiger partial charge in [-0.05, 0) is 35.4 Å². The van der Waals surface area contributed by atoms with Gasteiger partial charge in [-0.3, -0.25) is 10.0 Å². The summed E-state index contributed by atoms with van der Waals surface area (Å²) in [7, 11) is 1.54. The third-order valence-electron chi connectivity index (χ3n) is 2.98. The van der Waals surface area contributed by atoms with Crippen molar-refractivity contribution in [2.24, 2.45) is 0 Å². The predicted octanol–water partition coefficient (Wildman–Crippen LogP) is 3.26. The van der Waals surface area contributed by atoms with E-state index in [4.69, 9.17) is 14.7 Å². The Morgan fingerprint density at radius 2 is 1.83 bits per heavy atom. The number of rotatable bonds is 6. The second-order valence-electron chi connectivity index (χ2n) is 4.55. The second-order valence-corrected chi connectivity index (χ2v) is 4.55. The van der Waals surface area contributed by atoms with Gasteiger partial charge in [-0.25, -0.2) is 5.48 Å². The van der Waals surface area contributed by atoms with Crippen LogP contribution in [0.4, 0.5) is 0 Å². The Kier molecular flexibility index (Phi) is 5.97. The first kappa shape index (κ1) is 16.3. The van der Waals surface area contributed by atoms with Crippen LogP contribution in [-0.2, 0) is 4.79 Å². The maximum atomic E-state index is 11.0. The number of nitrogens with one attached hydrogen (secondary N) is 1. The largest absolute Gasteiger partial charge is 0.493 e. The highest BCUT2D eigenvalue weighted by Crippen LogP contribution is 2.28. The molecule has 2 aromatic carbocycles. The van der Waals surface area contributed by atoms with Crippen molar-refractivity contribution in [3.63, 3.8) is 0 Å². The third-order valence-corrected chi connectivity index (χ3v) is 2.98. The van der Waals surface area contributed by atoms with Gasteiger partial charge in [0.15, 0.2) is 11.5 Å². The van der Waals surface area contributed by atoms with E-state index in [1.807, 2.05) is 36.4 Å². The normalized spacial score (nSPS) is 10.9. The summed E-state index contributed by atoms with van der Waals surface area (Å²) in [4.78, 5) is 11.0. The molecular weight excluding hydrogens is 294 g/mol. The van der Waals surface area contributed by atoms with Crippen LogP contribution in [0.25, 0.3) is 12.2 Å². The topological polar surface area (TPSA) is 67.8 Å². The molecule has 0 aromatic heterocycles. The lowest BCUT2D eigenvalue weighted by atomic mass is 10.2. The Balaban J connectivity index is 2.09. The first-order valence-electron chi connectivity index (χ1n) is 6.91. The van der Waals surface area contributed by atoms with Gasteiger partial charge in [0.25, 0.3) is 5.91 Å². The van der Waals surface area contributed by atoms with Gasteiger partial charge in [0.2, 0.25) is 0 Å². The standard InChI is InChI=1S/C18H17NO4/c1-22-17-13-15(8-10-18(20)19-21)7-9-16(17)23-12-11-14-5-3-2-4-6-14/h2-13,21H,1H3,(H,19,20)/b10-8+,12-11+. The van der Waals surface area contributed by atoms with E-state index in [-0.39, 0.29) is 0 Å². The molecule has 0 saturated carbocycles. The fraction of sp³-hybridized carbons (Fsp3) is 0.0556. The molecule has 0 atom stereocenters. The Bertz CT molecular complexity index is 708. The monoisotopic (exact) mass is 311 g/mol. The summed E-state index contributed by atoms with van der Waals surface area (Å²) in [5.41, 5.74) is 3.30. The average molecular weight is 311 g/mol. The minimum absolute atomic E-state index is 0.536. The van der Waals surface area contributed by atoms with E-state index in [2.05, 4.69) is 0 Å². The molecule has 5 nitrogen and oxygen atoms in total. The number of methoxy groups -OCH3 is 1. The zero-order chi connectivity index (χ0) is 16.5. The van der Waals surface area contributed by atoms with E-state index >= 15 is 0 Å². The fourth-order valence-corrected chi connectivity index (χ4v) is 1.84. The molecule has 2 aromatic rings. The lowest BCUT2D eigenvalue weighted by molar-refractivity contribution is -0.124. The summed E-state index contributed by atoms with van der Waals surface area (Å²) < 4.78 is 10.9. The van der Waals surface area contributed by atoms with Crippen molar-refractivity contribution in [2.45, 2.75) is 0 Å². The molecule has 0 unspecified atom stereocenters. The van der Waals surface area contributed by atoms with Crippen LogP contribution in [0.15, 0.2) is 60.9 Å². The van der Waals surface area contributed by atoms with Crippen molar-refractivity contribution in [1.29, 1.82) is 0 Å². The van der Waals surface area contributed by atoms with E-state index in [1.54, 1.807) is 30.5 Å². The molecule has 0 bridgehead atoms. The van der Waals surface area contributed by atoms with Crippen LogP contribution in [0.5, 0.6) is 11.5 Å². The highest BCUT2D eigenvalue weighted by molar-refractivity contribution is 5.90. The second kappa shape index (κ2) is 8.41. The number of ether oxygens (including phenoxy) is 2. The molecule has 0 saturated heterocycles. The average Bonchev–Trinajstić information content (AvgIpc) is 2.61. The third kappa shape index (κ3) is 5.01. The maximum Gasteiger partial charge on any atom is 0.267 e. The van der Waals surface area contributed by atoms with E-state index in [0.29, 0.717) is 11.5 Å². The Labute approximate surface area is 134 Å². The quantitative estimate of drug-likeness (QED) is 0.372. The van der Waals surface area contributed by atoms with Gasteiger partial charge in [0, 0.05) is 6.08 Å². The van der Waals surface area contributed by atoms with Crippen LogP contribution >= 0.6 is 0 Å². The first-order valence-corrected chi connectivity index (χ1v) is 6.91. The van der Waals surface area contributed by atoms with Crippen LogP contribution in [0.1, 0.15) is 11.1 Å². The van der Waals surface area contributed by atoms with Gasteiger partial charge in [-0.2, -0.15) is 0 Å². The van der Waals surface area contributed by atoms with E-state index in [1.165, 1.54) is 18.7 Å². The van der Waals surface area contributed by atoms with Crippen LogP contribution in [-0.4, -0.2) is 18.2 Å². The van der Waals surface area contributed by atoms with Crippen molar-refractivity contribution in [3.05, 3.63) is 72.0 Å². The number of hydrogen-bond donors (Lipinski definition) is 2. The van der Waals surface area contributed by atoms with Gasteiger partial charge in [-0.1, -0.05) is 36.4 Å². The van der Waals surface area contributed by atoms with Gasteiger partial charge >= 0.3 is 0 Å². The minimum atomic E-state index is -0.602. The van der Waals surface area contributed by atoms with Crippen molar-refractivity contribution < 1.29 is 19.5 Å². The highest BCUT2D eigenvalue weighted by Gasteiger charge is 2.04. The summed E-state index contributed by atoms with van der Waals surface area (Å²) in [6.07, 6.45) is 6.20. The van der Waals surface area contributed by atoms with Crippen LogP contribution < -0.4 is 15.0 Å². The van der Waals surface area contributed by atoms with Crippen LogP contribution in [0.3, 0.4) is 0 Å². The zero-order valence-electron chi connectivity index (χ0n) is 12.6. The smallest absolute Gasteiger partial charge is 0.267 e. The molecule has 2 rings (SSSR count). The molecule has 0 radical (unpaired) electrons. The van der Waals surface area contributed by atoms with Crippen molar-refractivity contribution in [2.75, 3.05) is 7.11 Å². The van der Waals surface area contributed by atoms with Gasteiger partial charge in [-0.15, -0.1) is 0 Å². The molecule has 0 heterocycles. The zero-order valence-corrected chi connectivity index (χ0v) is 12.6. The SMILES string of the molecule is COc1cc(/C=C/C(=O)NO)ccc1O/C=C/c1ccccc1. The van der Waals surface area contributed by atoms with E-state index in [0.717, 1.165) is 11.1 Å². The molecule has 1 amide bonds. The number of carbonyl (C=O) groups is 1. The predicted molar refractivity (Wildman–Crippen MR) is 88.1 cm³/mol. The fourth-order valence-electron chi connectivity index (χ4n) is 1.84. The summed E-state index contributed by atoms with van der Waals surface area (Å²) >= 11 is 0. The van der Waals surface area contributed by atoms with Crippen molar-refractivity contribution >= 4 is 18.1 Å². The number of carbonyl (C=O) groups excluding carboxylic acids is 1. The number of hydroxylamine groups is 1. The lowest BCUT2D eigenvalue weighted by Gasteiger charge is -2.08. The summed E-state index contributed by atoms with van der Waals surface area (Å²) in [6, 6.07) is 15.0. The van der Waals surface area contributed by atoms with Crippen molar-refractivity contribution in [3.8, 4) is 11.5 Å². The first-order chi connectivity index (χ1) is 11.2. The molecule has 0 aliphatic heterocycles. The van der Waals surface area contributed by atoms with Crippen LogP contribution in [0.2, 0.25) is 0 Å². The Morgan fingerprint density at radius 3 is 2.52 bits per heavy atom. The molecule has 0 aliphatic carbocycles. The summed E-state index contributed by atoms with van der Waals surface area (Å²) in [6.45, 7) is 0. The summed E-state index contributed by atoms with van der Waals surface area (Å²) in [5.74, 6) is 0.493. The molecule has 118 valence electrons. The number of benzene rings is 2. The minimum Gasteiger partial charge on any atom is -0.493 e. The molecule has 0 spiro atoms. The molecule has 2 N–H and O–H groups in total. The number of amides is 1. The molecule has 5 heteroatoms. The number of hydrogen-bond acceptors (Lipinski definition) is 4. The Morgan fingerprint density at radius 1 is 1.04 bits per heavy atom. The molecule has 0 aliphatic rings. The molecule has 23 heavy (non-hydrogen) atoms. The van der Waals surface area contributed by atoms with E-state index in [9.17, 15) is 4.79 Å². The van der Waals surface area contributed by atoms with Gasteiger partial charge in [0.05, 0.1) is 13.4 Å².